The molecule has 0 radical (unpaired) electrons. The molecule has 0 unspecified atom stereocenters. The van der Waals surface area contributed by atoms with Gasteiger partial charge in [0.25, 0.3) is 5.91 Å². The van der Waals surface area contributed by atoms with Gasteiger partial charge in [0.2, 0.25) is 5.91 Å². The molecule has 1 heterocycles. The molecule has 1 aliphatic rings. The fraction of sp³-hybridized carbons (Fsp3) is 0.556. The summed E-state index contributed by atoms with van der Waals surface area (Å²) in [6.45, 7) is 4.67. The number of piperidine rings is 1. The fourth-order valence-electron chi connectivity index (χ4n) is 2.94. The molecular weight excluding hydrogens is 427 g/mol. The Bertz CT molecular complexity index is 653. The monoisotopic (exact) mass is 454 g/mol. The van der Waals surface area contributed by atoms with Gasteiger partial charge in [-0.3, -0.25) is 14.5 Å². The maximum atomic E-state index is 12.6. The SMILES string of the molecule is CCCNC(=O)CN1CCC(NC(=O)c2cc(Cl)c(N)cc2OC)CC1.Cl.Cl. The van der Waals surface area contributed by atoms with Crippen molar-refractivity contribution in [3.8, 4) is 5.75 Å². The molecule has 7 nitrogen and oxygen atoms in total. The molecule has 0 spiro atoms. The fourth-order valence-corrected chi connectivity index (χ4v) is 3.10. The number of nitrogens with zero attached hydrogens (tertiary/aromatic N) is 1. The molecule has 0 aliphatic carbocycles. The number of hydrogen-bond donors (Lipinski definition) is 3. The maximum Gasteiger partial charge on any atom is 0.255 e. The summed E-state index contributed by atoms with van der Waals surface area (Å²) in [6.07, 6.45) is 2.51. The van der Waals surface area contributed by atoms with Crippen LogP contribution >= 0.6 is 36.4 Å². The number of rotatable bonds is 7. The lowest BCUT2D eigenvalue weighted by atomic mass is 10.0. The van der Waals surface area contributed by atoms with Gasteiger partial charge in [0, 0.05) is 31.7 Å². The van der Waals surface area contributed by atoms with E-state index in [0.717, 1.165) is 32.4 Å². The zero-order valence-corrected chi connectivity index (χ0v) is 18.5. The van der Waals surface area contributed by atoms with Gasteiger partial charge < -0.3 is 21.1 Å². The second-order valence-corrected chi connectivity index (χ2v) is 6.86. The van der Waals surface area contributed by atoms with Crippen LogP contribution in [0.5, 0.6) is 5.75 Å². The van der Waals surface area contributed by atoms with E-state index in [1.807, 2.05) is 6.92 Å². The molecule has 0 saturated carbocycles. The number of methoxy groups -OCH3 is 1. The number of carbonyl (C=O) groups is 2. The minimum Gasteiger partial charge on any atom is -0.496 e. The largest absolute Gasteiger partial charge is 0.496 e. The highest BCUT2D eigenvalue weighted by Crippen LogP contribution is 2.29. The molecule has 1 aromatic rings. The highest BCUT2D eigenvalue weighted by molar-refractivity contribution is 6.33. The first-order valence-corrected chi connectivity index (χ1v) is 9.25. The number of hydrogen-bond acceptors (Lipinski definition) is 5. The normalized spacial score (nSPS) is 14.4. The summed E-state index contributed by atoms with van der Waals surface area (Å²) in [5.41, 5.74) is 6.49. The number of nitrogens with one attached hydrogen (secondary N) is 2. The van der Waals surface area contributed by atoms with Gasteiger partial charge in [-0.25, -0.2) is 0 Å². The first-order valence-electron chi connectivity index (χ1n) is 8.87. The molecule has 1 fully saturated rings. The van der Waals surface area contributed by atoms with Crippen LogP contribution < -0.4 is 21.1 Å². The Morgan fingerprint density at radius 1 is 1.29 bits per heavy atom. The summed E-state index contributed by atoms with van der Waals surface area (Å²) in [4.78, 5) is 26.5. The number of benzene rings is 1. The van der Waals surface area contributed by atoms with Crippen LogP contribution in [0.4, 0.5) is 5.69 Å². The molecule has 4 N–H and O–H groups in total. The third-order valence-electron chi connectivity index (χ3n) is 4.43. The number of nitrogens with two attached hydrogens (primary N) is 1. The molecule has 2 rings (SSSR count). The van der Waals surface area contributed by atoms with E-state index in [4.69, 9.17) is 22.1 Å². The molecular formula is C18H29Cl3N4O3. The molecule has 1 aliphatic heterocycles. The lowest BCUT2D eigenvalue weighted by molar-refractivity contribution is -0.122. The van der Waals surface area contributed by atoms with Crippen molar-refractivity contribution >= 4 is 53.9 Å². The second kappa shape index (κ2) is 12.9. The topological polar surface area (TPSA) is 96.7 Å². The number of carbonyl (C=O) groups excluding carboxylic acids is 2. The Morgan fingerprint density at radius 3 is 2.50 bits per heavy atom. The zero-order chi connectivity index (χ0) is 19.1. The highest BCUT2D eigenvalue weighted by Gasteiger charge is 2.24. The van der Waals surface area contributed by atoms with Crippen LogP contribution in [0.1, 0.15) is 36.5 Å². The van der Waals surface area contributed by atoms with Crippen molar-refractivity contribution in [2.45, 2.75) is 32.2 Å². The summed E-state index contributed by atoms with van der Waals surface area (Å²) in [7, 11) is 1.49. The summed E-state index contributed by atoms with van der Waals surface area (Å²) >= 11 is 6.03. The molecule has 0 atom stereocenters. The Labute approximate surface area is 183 Å². The van der Waals surface area contributed by atoms with Gasteiger partial charge in [-0.2, -0.15) is 0 Å². The highest BCUT2D eigenvalue weighted by atomic mass is 35.5. The lowest BCUT2D eigenvalue weighted by Gasteiger charge is -2.32. The van der Waals surface area contributed by atoms with E-state index < -0.39 is 0 Å². The van der Waals surface area contributed by atoms with Crippen molar-refractivity contribution in [3.05, 3.63) is 22.7 Å². The van der Waals surface area contributed by atoms with E-state index in [2.05, 4.69) is 15.5 Å². The van der Waals surface area contributed by atoms with Crippen LogP contribution in [0.15, 0.2) is 12.1 Å². The van der Waals surface area contributed by atoms with Crippen molar-refractivity contribution in [1.82, 2.24) is 15.5 Å². The van der Waals surface area contributed by atoms with Gasteiger partial charge in [-0.15, -0.1) is 24.8 Å². The van der Waals surface area contributed by atoms with E-state index in [9.17, 15) is 9.59 Å². The average Bonchev–Trinajstić information content (AvgIpc) is 2.63. The smallest absolute Gasteiger partial charge is 0.255 e. The van der Waals surface area contributed by atoms with Gasteiger partial charge in [0.05, 0.1) is 29.9 Å². The van der Waals surface area contributed by atoms with Crippen molar-refractivity contribution in [2.24, 2.45) is 0 Å². The van der Waals surface area contributed by atoms with E-state index in [1.165, 1.54) is 13.2 Å². The van der Waals surface area contributed by atoms with Crippen LogP contribution in [-0.4, -0.2) is 56.0 Å². The molecule has 2 amide bonds. The Kier molecular flexibility index (Phi) is 12.3. The Hall–Kier alpha value is -1.41. The number of anilines is 1. The predicted octanol–water partition coefficient (Wildman–Crippen LogP) is 2.49. The average molecular weight is 456 g/mol. The summed E-state index contributed by atoms with van der Waals surface area (Å²) in [5, 5.41) is 6.22. The lowest BCUT2D eigenvalue weighted by Crippen LogP contribution is -2.47. The maximum absolute atomic E-state index is 12.6. The number of nitrogen functional groups attached to an aromatic ring is 1. The summed E-state index contributed by atoms with van der Waals surface area (Å²) < 4.78 is 5.23. The molecule has 0 bridgehead atoms. The first kappa shape index (κ1) is 26.6. The first-order chi connectivity index (χ1) is 12.4. The van der Waals surface area contributed by atoms with Gasteiger partial charge in [0.1, 0.15) is 5.75 Å². The van der Waals surface area contributed by atoms with Gasteiger partial charge >= 0.3 is 0 Å². The number of ether oxygens (including phenoxy) is 1. The van der Waals surface area contributed by atoms with E-state index >= 15 is 0 Å². The summed E-state index contributed by atoms with van der Waals surface area (Å²) in [6, 6.07) is 3.13. The zero-order valence-electron chi connectivity index (χ0n) is 16.1. The Balaban J connectivity index is 0.00000364. The molecule has 1 aromatic carbocycles. The van der Waals surface area contributed by atoms with Crippen molar-refractivity contribution in [2.75, 3.05) is 39.0 Å². The number of amides is 2. The van der Waals surface area contributed by atoms with Crippen LogP contribution in [0.25, 0.3) is 0 Å². The molecule has 10 heteroatoms. The van der Waals surface area contributed by atoms with Crippen molar-refractivity contribution in [1.29, 1.82) is 0 Å². The minimum atomic E-state index is -0.233. The third-order valence-corrected chi connectivity index (χ3v) is 4.75. The quantitative estimate of drug-likeness (QED) is 0.549. The second-order valence-electron chi connectivity index (χ2n) is 6.45. The number of likely N-dealkylation sites (tertiary alicyclic amines) is 1. The summed E-state index contributed by atoms with van der Waals surface area (Å²) in [5.74, 6) is 0.216. The van der Waals surface area contributed by atoms with Gasteiger partial charge in [-0.1, -0.05) is 18.5 Å². The minimum absolute atomic E-state index is 0. The standard InChI is InChI=1S/C18H27ClN4O3.2ClH/c1-3-6-21-17(24)11-23-7-4-12(5-8-23)22-18(25)13-9-14(19)15(20)10-16(13)26-2;;/h9-10,12H,3-8,11,20H2,1-2H3,(H,21,24)(H,22,25);2*1H. The molecule has 28 heavy (non-hydrogen) atoms. The molecule has 0 aromatic heterocycles. The Morgan fingerprint density at radius 2 is 1.93 bits per heavy atom. The van der Waals surface area contributed by atoms with Gasteiger partial charge in [-0.05, 0) is 25.3 Å². The third kappa shape index (κ3) is 7.54. The van der Waals surface area contributed by atoms with E-state index in [0.29, 0.717) is 35.1 Å². The van der Waals surface area contributed by atoms with Crippen LogP contribution in [0.2, 0.25) is 5.02 Å². The van der Waals surface area contributed by atoms with Crippen LogP contribution in [0.3, 0.4) is 0 Å². The van der Waals surface area contributed by atoms with Crippen molar-refractivity contribution in [3.63, 3.8) is 0 Å². The van der Waals surface area contributed by atoms with E-state index in [1.54, 1.807) is 6.07 Å². The van der Waals surface area contributed by atoms with Crippen LogP contribution in [0, 0.1) is 0 Å². The molecule has 1 saturated heterocycles. The van der Waals surface area contributed by atoms with Crippen LogP contribution in [-0.2, 0) is 4.79 Å². The number of halogens is 3. The van der Waals surface area contributed by atoms with Crippen molar-refractivity contribution < 1.29 is 14.3 Å². The van der Waals surface area contributed by atoms with E-state index in [-0.39, 0.29) is 42.7 Å². The predicted molar refractivity (Wildman–Crippen MR) is 117 cm³/mol. The molecule has 160 valence electrons. The van der Waals surface area contributed by atoms with Gasteiger partial charge in [0.15, 0.2) is 0 Å².